The van der Waals surface area contributed by atoms with Gasteiger partial charge in [0.25, 0.3) is 11.7 Å². The van der Waals surface area contributed by atoms with Gasteiger partial charge in [-0.1, -0.05) is 50.2 Å². The van der Waals surface area contributed by atoms with Gasteiger partial charge in [0.15, 0.2) is 0 Å². The Balaban J connectivity index is 1.76. The predicted molar refractivity (Wildman–Crippen MR) is 130 cm³/mol. The smallest absolute Gasteiger partial charge is 0.295 e. The SMILES string of the molecule is COc1ccccc1/C(O)=C1\C(=O)C(=O)N(CCN2CCOCC2)C1c1ccc(C(C)C)cc1. The quantitative estimate of drug-likeness (QED) is 0.383. The lowest BCUT2D eigenvalue weighted by Crippen LogP contribution is -2.42. The van der Waals surface area contributed by atoms with Gasteiger partial charge in [0, 0.05) is 26.2 Å². The van der Waals surface area contributed by atoms with Crippen LogP contribution in [0.3, 0.4) is 0 Å². The van der Waals surface area contributed by atoms with Crippen LogP contribution in [-0.4, -0.2) is 73.1 Å². The van der Waals surface area contributed by atoms with Crippen molar-refractivity contribution in [3.05, 3.63) is 70.8 Å². The lowest BCUT2D eigenvalue weighted by molar-refractivity contribution is -0.140. The Hall–Kier alpha value is -3.16. The molecule has 180 valence electrons. The van der Waals surface area contributed by atoms with Gasteiger partial charge in [0.1, 0.15) is 11.5 Å². The van der Waals surface area contributed by atoms with Gasteiger partial charge in [-0.3, -0.25) is 14.5 Å². The highest BCUT2D eigenvalue weighted by molar-refractivity contribution is 6.46. The summed E-state index contributed by atoms with van der Waals surface area (Å²) in [5.41, 5.74) is 2.44. The first-order valence-electron chi connectivity index (χ1n) is 11.7. The van der Waals surface area contributed by atoms with Gasteiger partial charge in [-0.05, 0) is 29.2 Å². The fourth-order valence-corrected chi connectivity index (χ4v) is 4.58. The van der Waals surface area contributed by atoms with Crippen LogP contribution in [0.5, 0.6) is 5.75 Å². The Bertz CT molecular complexity index is 1070. The fourth-order valence-electron chi connectivity index (χ4n) is 4.58. The van der Waals surface area contributed by atoms with Crippen molar-refractivity contribution in [2.45, 2.75) is 25.8 Å². The lowest BCUT2D eigenvalue weighted by Gasteiger charge is -2.31. The number of carbonyl (C=O) groups excluding carboxylic acids is 2. The number of Topliss-reactive ketones (excluding diaryl/α,β-unsaturated/α-hetero) is 1. The molecule has 2 aromatic rings. The molecule has 2 saturated heterocycles. The molecule has 7 heteroatoms. The van der Waals surface area contributed by atoms with Crippen LogP contribution in [0.15, 0.2) is 54.1 Å². The van der Waals surface area contributed by atoms with Gasteiger partial charge in [-0.15, -0.1) is 0 Å². The number of morpholine rings is 1. The van der Waals surface area contributed by atoms with E-state index >= 15 is 0 Å². The first-order chi connectivity index (χ1) is 16.4. The van der Waals surface area contributed by atoms with Gasteiger partial charge in [0.05, 0.1) is 37.5 Å². The largest absolute Gasteiger partial charge is 0.507 e. The van der Waals surface area contributed by atoms with Crippen LogP contribution < -0.4 is 4.74 Å². The lowest BCUT2D eigenvalue weighted by atomic mass is 9.93. The van der Waals surface area contributed by atoms with E-state index in [2.05, 4.69) is 18.7 Å². The third-order valence-electron chi connectivity index (χ3n) is 6.58. The number of hydrogen-bond acceptors (Lipinski definition) is 6. The number of likely N-dealkylation sites (tertiary alicyclic amines) is 1. The summed E-state index contributed by atoms with van der Waals surface area (Å²) in [5, 5.41) is 11.3. The van der Waals surface area contributed by atoms with Crippen molar-refractivity contribution in [3.63, 3.8) is 0 Å². The summed E-state index contributed by atoms with van der Waals surface area (Å²) < 4.78 is 10.8. The molecular formula is C27H32N2O5. The molecule has 0 saturated carbocycles. The summed E-state index contributed by atoms with van der Waals surface area (Å²) in [6, 6.07) is 14.2. The molecule has 0 spiro atoms. The molecule has 0 aliphatic carbocycles. The van der Waals surface area contributed by atoms with Crippen molar-refractivity contribution in [1.29, 1.82) is 0 Å². The molecule has 0 aromatic heterocycles. The maximum absolute atomic E-state index is 13.3. The number of carbonyl (C=O) groups is 2. The summed E-state index contributed by atoms with van der Waals surface area (Å²) in [5.74, 6) is -0.697. The Kier molecular flexibility index (Phi) is 7.34. The number of nitrogens with zero attached hydrogens (tertiary/aromatic N) is 2. The molecule has 34 heavy (non-hydrogen) atoms. The van der Waals surface area contributed by atoms with E-state index in [-0.39, 0.29) is 11.3 Å². The van der Waals surface area contributed by atoms with E-state index in [0.29, 0.717) is 43.5 Å². The van der Waals surface area contributed by atoms with E-state index in [1.165, 1.54) is 12.7 Å². The zero-order valence-electron chi connectivity index (χ0n) is 20.0. The second-order valence-electron chi connectivity index (χ2n) is 8.97. The third-order valence-corrected chi connectivity index (χ3v) is 6.58. The van der Waals surface area contributed by atoms with Gasteiger partial charge in [-0.2, -0.15) is 0 Å². The topological polar surface area (TPSA) is 79.3 Å². The normalized spacial score (nSPS) is 20.8. The minimum absolute atomic E-state index is 0.0915. The highest BCUT2D eigenvalue weighted by Gasteiger charge is 2.46. The average Bonchev–Trinajstić information content (AvgIpc) is 3.12. The highest BCUT2D eigenvalue weighted by Crippen LogP contribution is 2.41. The number of methoxy groups -OCH3 is 1. The minimum Gasteiger partial charge on any atom is -0.507 e. The Morgan fingerprint density at radius 2 is 1.74 bits per heavy atom. The second-order valence-corrected chi connectivity index (χ2v) is 8.97. The van der Waals surface area contributed by atoms with Crippen LogP contribution in [0.2, 0.25) is 0 Å². The molecular weight excluding hydrogens is 432 g/mol. The zero-order valence-corrected chi connectivity index (χ0v) is 20.0. The molecule has 0 radical (unpaired) electrons. The van der Waals surface area contributed by atoms with Gasteiger partial charge >= 0.3 is 0 Å². The maximum atomic E-state index is 13.3. The van der Waals surface area contributed by atoms with E-state index in [1.807, 2.05) is 24.3 Å². The molecule has 1 amide bonds. The molecule has 1 unspecified atom stereocenters. The van der Waals surface area contributed by atoms with Crippen LogP contribution >= 0.6 is 0 Å². The van der Waals surface area contributed by atoms with Gasteiger partial charge in [-0.25, -0.2) is 0 Å². The summed E-state index contributed by atoms with van der Waals surface area (Å²) in [6.07, 6.45) is 0. The fraction of sp³-hybridized carbons (Fsp3) is 0.407. The first-order valence-corrected chi connectivity index (χ1v) is 11.7. The number of hydrogen-bond donors (Lipinski definition) is 1. The second kappa shape index (κ2) is 10.4. The van der Waals surface area contributed by atoms with Crippen molar-refractivity contribution in [2.24, 2.45) is 0 Å². The number of amides is 1. The van der Waals surface area contributed by atoms with Crippen LogP contribution in [-0.2, 0) is 14.3 Å². The Morgan fingerprint density at radius 1 is 1.06 bits per heavy atom. The molecule has 2 aliphatic heterocycles. The molecule has 2 aliphatic rings. The molecule has 2 aromatic carbocycles. The van der Waals surface area contributed by atoms with Crippen molar-refractivity contribution in [1.82, 2.24) is 9.80 Å². The van der Waals surface area contributed by atoms with E-state index < -0.39 is 17.7 Å². The molecule has 2 heterocycles. The Morgan fingerprint density at radius 3 is 2.38 bits per heavy atom. The molecule has 7 nitrogen and oxygen atoms in total. The molecule has 4 rings (SSSR count). The van der Waals surface area contributed by atoms with Gasteiger partial charge in [0.2, 0.25) is 0 Å². The highest BCUT2D eigenvalue weighted by atomic mass is 16.5. The van der Waals surface area contributed by atoms with E-state index in [0.717, 1.165) is 18.7 Å². The zero-order chi connectivity index (χ0) is 24.2. The van der Waals surface area contributed by atoms with Crippen LogP contribution in [0.1, 0.15) is 42.5 Å². The first kappa shape index (κ1) is 24.0. The Labute approximate surface area is 200 Å². The van der Waals surface area contributed by atoms with Crippen LogP contribution in [0.4, 0.5) is 0 Å². The minimum atomic E-state index is -0.677. The van der Waals surface area contributed by atoms with E-state index in [1.54, 1.807) is 29.2 Å². The summed E-state index contributed by atoms with van der Waals surface area (Å²) in [6.45, 7) is 8.14. The van der Waals surface area contributed by atoms with Crippen molar-refractivity contribution < 1.29 is 24.2 Å². The van der Waals surface area contributed by atoms with Crippen molar-refractivity contribution in [2.75, 3.05) is 46.5 Å². The van der Waals surface area contributed by atoms with Crippen molar-refractivity contribution in [3.8, 4) is 5.75 Å². The van der Waals surface area contributed by atoms with Crippen LogP contribution in [0, 0.1) is 0 Å². The number of ketones is 1. The maximum Gasteiger partial charge on any atom is 0.295 e. The number of rotatable bonds is 7. The molecule has 1 N–H and O–H groups in total. The number of para-hydroxylation sites is 1. The van der Waals surface area contributed by atoms with Crippen molar-refractivity contribution >= 4 is 17.4 Å². The number of aliphatic hydroxyl groups excluding tert-OH is 1. The number of aliphatic hydroxyl groups is 1. The predicted octanol–water partition coefficient (Wildman–Crippen LogP) is 3.57. The van der Waals surface area contributed by atoms with Gasteiger partial charge < -0.3 is 19.5 Å². The molecule has 1 atom stereocenters. The van der Waals surface area contributed by atoms with Crippen LogP contribution in [0.25, 0.3) is 5.76 Å². The molecule has 0 bridgehead atoms. The number of ether oxygens (including phenoxy) is 2. The monoisotopic (exact) mass is 464 g/mol. The standard InChI is InChI=1S/C27H32N2O5/c1-18(2)19-8-10-20(11-9-19)24-23(25(30)21-6-4-5-7-22(21)33-3)26(31)27(32)29(24)13-12-28-14-16-34-17-15-28/h4-11,18,24,30H,12-17H2,1-3H3/b25-23+. The average molecular weight is 465 g/mol. The summed E-state index contributed by atoms with van der Waals surface area (Å²) in [7, 11) is 1.51. The van der Waals surface area contributed by atoms with E-state index in [9.17, 15) is 14.7 Å². The van der Waals surface area contributed by atoms with E-state index in [4.69, 9.17) is 9.47 Å². The summed E-state index contributed by atoms with van der Waals surface area (Å²) >= 11 is 0. The third kappa shape index (κ3) is 4.72. The summed E-state index contributed by atoms with van der Waals surface area (Å²) in [4.78, 5) is 30.3. The number of benzene rings is 2. The molecule has 2 fully saturated rings.